The van der Waals surface area contributed by atoms with Gasteiger partial charge in [-0.25, -0.2) is 0 Å². The molecule has 0 saturated carbocycles. The predicted molar refractivity (Wildman–Crippen MR) is 52.1 cm³/mol. The van der Waals surface area contributed by atoms with Crippen LogP contribution in [0.5, 0.6) is 5.88 Å². The van der Waals surface area contributed by atoms with E-state index in [1.165, 1.54) is 6.07 Å². The van der Waals surface area contributed by atoms with Gasteiger partial charge in [0.15, 0.2) is 6.10 Å². The Balaban J connectivity index is 2.85. The fraction of sp³-hybridized carbons (Fsp3) is 0.500. The van der Waals surface area contributed by atoms with E-state index in [1.54, 1.807) is 7.05 Å². The molecule has 16 heavy (non-hydrogen) atoms. The summed E-state index contributed by atoms with van der Waals surface area (Å²) in [7, 11) is 1.55. The van der Waals surface area contributed by atoms with Gasteiger partial charge in [-0.1, -0.05) is 0 Å². The number of hydrogen-bond acceptors (Lipinski definition) is 5. The molecule has 0 fully saturated rings. The fourth-order valence-electron chi connectivity index (χ4n) is 0.879. The fourth-order valence-corrected chi connectivity index (χ4v) is 0.879. The second kappa shape index (κ2) is 4.42. The van der Waals surface area contributed by atoms with Crippen LogP contribution in [0, 0.1) is 0 Å². The lowest BCUT2D eigenvalue weighted by Gasteiger charge is -2.17. The summed E-state index contributed by atoms with van der Waals surface area (Å²) >= 11 is 0. The number of aromatic nitrogens is 2. The van der Waals surface area contributed by atoms with Crippen LogP contribution in [0.1, 0.15) is 6.92 Å². The van der Waals surface area contributed by atoms with E-state index in [0.29, 0.717) is 0 Å². The molecule has 0 aliphatic carbocycles. The summed E-state index contributed by atoms with van der Waals surface area (Å²) in [5.74, 6) is -0.0882. The third-order valence-electron chi connectivity index (χ3n) is 1.73. The third-order valence-corrected chi connectivity index (χ3v) is 1.73. The van der Waals surface area contributed by atoms with Gasteiger partial charge in [0.2, 0.25) is 11.8 Å². The van der Waals surface area contributed by atoms with Gasteiger partial charge in [0.05, 0.1) is 0 Å². The van der Waals surface area contributed by atoms with Gasteiger partial charge in [0, 0.05) is 13.1 Å². The van der Waals surface area contributed by atoms with Gasteiger partial charge in [-0.3, -0.25) is 0 Å². The smallest absolute Gasteiger partial charge is 0.425 e. The largest absolute Gasteiger partial charge is 0.465 e. The zero-order valence-corrected chi connectivity index (χ0v) is 8.67. The van der Waals surface area contributed by atoms with Crippen molar-refractivity contribution >= 4 is 11.8 Å². The maximum absolute atomic E-state index is 12.2. The van der Waals surface area contributed by atoms with Crippen molar-refractivity contribution in [3.05, 3.63) is 6.07 Å². The first-order chi connectivity index (χ1) is 7.32. The van der Waals surface area contributed by atoms with Crippen molar-refractivity contribution in [2.75, 3.05) is 18.1 Å². The summed E-state index contributed by atoms with van der Waals surface area (Å²) in [6, 6.07) is 1.23. The first-order valence-corrected chi connectivity index (χ1v) is 4.38. The molecule has 0 radical (unpaired) electrons. The Morgan fingerprint density at radius 1 is 1.44 bits per heavy atom. The summed E-state index contributed by atoms with van der Waals surface area (Å²) in [6.07, 6.45) is -6.40. The number of alkyl halides is 3. The normalized spacial score (nSPS) is 13.3. The summed E-state index contributed by atoms with van der Waals surface area (Å²) in [5, 5.41) is 2.63. The summed E-state index contributed by atoms with van der Waals surface area (Å²) in [6.45, 7) is 0.886. The monoisotopic (exact) mass is 236 g/mol. The molecule has 0 spiro atoms. The first-order valence-electron chi connectivity index (χ1n) is 4.38. The van der Waals surface area contributed by atoms with Crippen LogP contribution >= 0.6 is 0 Å². The van der Waals surface area contributed by atoms with Gasteiger partial charge in [-0.05, 0) is 6.92 Å². The lowest BCUT2D eigenvalue weighted by atomic mass is 10.4. The van der Waals surface area contributed by atoms with Crippen LogP contribution < -0.4 is 15.8 Å². The average Bonchev–Trinajstić information content (AvgIpc) is 2.15. The molecule has 1 atom stereocenters. The maximum Gasteiger partial charge on any atom is 0.425 e. The molecule has 1 heterocycles. The highest BCUT2D eigenvalue weighted by atomic mass is 19.4. The van der Waals surface area contributed by atoms with Gasteiger partial charge < -0.3 is 15.8 Å². The Bertz CT molecular complexity index is 369. The minimum Gasteiger partial charge on any atom is -0.465 e. The second-order valence-corrected chi connectivity index (χ2v) is 3.00. The number of anilines is 2. The van der Waals surface area contributed by atoms with Gasteiger partial charge in [-0.15, -0.1) is 0 Å². The number of ether oxygens (including phenoxy) is 1. The van der Waals surface area contributed by atoms with Crippen molar-refractivity contribution in [2.45, 2.75) is 19.2 Å². The van der Waals surface area contributed by atoms with Crippen molar-refractivity contribution in [3.63, 3.8) is 0 Å². The standard InChI is InChI=1S/C8H11F3N4O/c1-4(8(9,10)11)16-6-3-5(13-2)14-7(12)15-6/h3-4H,1-2H3,(H3,12,13,14,15). The zero-order valence-electron chi connectivity index (χ0n) is 8.67. The van der Waals surface area contributed by atoms with E-state index in [2.05, 4.69) is 20.0 Å². The average molecular weight is 236 g/mol. The third kappa shape index (κ3) is 3.14. The van der Waals surface area contributed by atoms with E-state index in [1.807, 2.05) is 0 Å². The van der Waals surface area contributed by atoms with Crippen LogP contribution in [0.25, 0.3) is 0 Å². The summed E-state index contributed by atoms with van der Waals surface area (Å²) in [4.78, 5) is 7.26. The molecule has 0 saturated heterocycles. The summed E-state index contributed by atoms with van der Waals surface area (Å²) < 4.78 is 41.2. The quantitative estimate of drug-likeness (QED) is 0.830. The molecular formula is C8H11F3N4O. The van der Waals surface area contributed by atoms with Crippen molar-refractivity contribution < 1.29 is 17.9 Å². The van der Waals surface area contributed by atoms with E-state index >= 15 is 0 Å². The number of halogens is 3. The van der Waals surface area contributed by atoms with Crippen LogP contribution in [0.4, 0.5) is 24.9 Å². The lowest BCUT2D eigenvalue weighted by Crippen LogP contribution is -2.31. The highest BCUT2D eigenvalue weighted by molar-refractivity contribution is 5.42. The minimum atomic E-state index is -4.44. The highest BCUT2D eigenvalue weighted by Crippen LogP contribution is 2.25. The zero-order chi connectivity index (χ0) is 12.3. The van der Waals surface area contributed by atoms with Gasteiger partial charge in [0.25, 0.3) is 0 Å². The second-order valence-electron chi connectivity index (χ2n) is 3.00. The molecule has 0 aliphatic rings. The minimum absolute atomic E-state index is 0.156. The highest BCUT2D eigenvalue weighted by Gasteiger charge is 2.38. The SMILES string of the molecule is CNc1cc(OC(C)C(F)(F)F)nc(N)n1. The Labute approximate surface area is 89.8 Å². The van der Waals surface area contributed by atoms with Crippen molar-refractivity contribution in [3.8, 4) is 5.88 Å². The van der Waals surface area contributed by atoms with E-state index in [4.69, 9.17) is 5.73 Å². The Kier molecular flexibility index (Phi) is 3.41. The number of nitrogens with one attached hydrogen (secondary N) is 1. The molecule has 0 aromatic carbocycles. The predicted octanol–water partition coefficient (Wildman–Crippen LogP) is 1.43. The molecule has 3 N–H and O–H groups in total. The Hall–Kier alpha value is -1.73. The number of rotatable bonds is 3. The number of nitrogens with zero attached hydrogens (tertiary/aromatic N) is 2. The molecule has 8 heteroatoms. The Morgan fingerprint density at radius 3 is 2.56 bits per heavy atom. The van der Waals surface area contributed by atoms with Crippen LogP contribution in [0.2, 0.25) is 0 Å². The molecule has 90 valence electrons. The van der Waals surface area contributed by atoms with Gasteiger partial charge in [-0.2, -0.15) is 23.1 Å². The lowest BCUT2D eigenvalue weighted by molar-refractivity contribution is -0.189. The molecule has 1 rings (SSSR count). The molecule has 1 aromatic heterocycles. The molecule has 0 bridgehead atoms. The molecule has 1 aromatic rings. The van der Waals surface area contributed by atoms with Crippen LogP contribution in [-0.4, -0.2) is 29.3 Å². The number of hydrogen-bond donors (Lipinski definition) is 2. The van der Waals surface area contributed by atoms with E-state index in [-0.39, 0.29) is 17.6 Å². The number of nitrogens with two attached hydrogens (primary N) is 1. The van der Waals surface area contributed by atoms with Crippen LogP contribution in [0.15, 0.2) is 6.07 Å². The topological polar surface area (TPSA) is 73.1 Å². The number of nitrogen functional groups attached to an aromatic ring is 1. The van der Waals surface area contributed by atoms with E-state index in [0.717, 1.165) is 6.92 Å². The maximum atomic E-state index is 12.2. The van der Waals surface area contributed by atoms with Gasteiger partial charge in [0.1, 0.15) is 5.82 Å². The van der Waals surface area contributed by atoms with Crippen LogP contribution in [-0.2, 0) is 0 Å². The summed E-state index contributed by atoms with van der Waals surface area (Å²) in [5.41, 5.74) is 5.30. The molecular weight excluding hydrogens is 225 g/mol. The van der Waals surface area contributed by atoms with Gasteiger partial charge >= 0.3 is 6.18 Å². The Morgan fingerprint density at radius 2 is 2.06 bits per heavy atom. The van der Waals surface area contributed by atoms with Crippen molar-refractivity contribution in [2.24, 2.45) is 0 Å². The molecule has 5 nitrogen and oxygen atoms in total. The van der Waals surface area contributed by atoms with Crippen molar-refractivity contribution in [1.82, 2.24) is 9.97 Å². The van der Waals surface area contributed by atoms with E-state index in [9.17, 15) is 13.2 Å². The van der Waals surface area contributed by atoms with E-state index < -0.39 is 12.3 Å². The van der Waals surface area contributed by atoms with Crippen LogP contribution in [0.3, 0.4) is 0 Å². The van der Waals surface area contributed by atoms with Crippen molar-refractivity contribution in [1.29, 1.82) is 0 Å². The molecule has 0 aliphatic heterocycles. The first kappa shape index (κ1) is 12.3. The molecule has 1 unspecified atom stereocenters. The molecule has 0 amide bonds.